The Bertz CT molecular complexity index is 421. The Morgan fingerprint density at radius 2 is 1.89 bits per heavy atom. The first-order chi connectivity index (χ1) is 13.0. The first-order valence-corrected chi connectivity index (χ1v) is 11.0. The molecule has 0 radical (unpaired) electrons. The van der Waals surface area contributed by atoms with Gasteiger partial charge in [0.25, 0.3) is 0 Å². The Labute approximate surface area is 165 Å². The van der Waals surface area contributed by atoms with Crippen molar-refractivity contribution in [1.82, 2.24) is 10.2 Å². The van der Waals surface area contributed by atoms with Gasteiger partial charge in [0, 0.05) is 38.1 Å². The zero-order chi connectivity index (χ0) is 19.6. The fourth-order valence-corrected chi connectivity index (χ4v) is 4.37. The highest BCUT2D eigenvalue weighted by molar-refractivity contribution is 5.78. The van der Waals surface area contributed by atoms with Gasteiger partial charge in [-0.15, -0.1) is 0 Å². The van der Waals surface area contributed by atoms with Crippen molar-refractivity contribution >= 4 is 5.91 Å². The van der Waals surface area contributed by atoms with Crippen molar-refractivity contribution in [3.8, 4) is 0 Å². The summed E-state index contributed by atoms with van der Waals surface area (Å²) >= 11 is 0. The Hall–Kier alpha value is -0.690. The van der Waals surface area contributed by atoms with E-state index < -0.39 is 6.10 Å². The summed E-state index contributed by atoms with van der Waals surface area (Å²) in [6.07, 6.45) is 7.09. The lowest BCUT2D eigenvalue weighted by molar-refractivity contribution is -0.127. The second-order valence-electron chi connectivity index (χ2n) is 8.80. The van der Waals surface area contributed by atoms with Crippen LogP contribution in [0, 0.1) is 17.8 Å². The summed E-state index contributed by atoms with van der Waals surface area (Å²) in [4.78, 5) is 15.0. The summed E-state index contributed by atoms with van der Waals surface area (Å²) in [5.41, 5.74) is 6.29. The van der Waals surface area contributed by atoms with Gasteiger partial charge in [-0.2, -0.15) is 0 Å². The first-order valence-electron chi connectivity index (χ1n) is 11.0. The second kappa shape index (κ2) is 12.0. The monoisotopic (exact) mass is 383 g/mol. The van der Waals surface area contributed by atoms with Gasteiger partial charge in [0.15, 0.2) is 0 Å². The van der Waals surface area contributed by atoms with Crippen LogP contribution in [0.3, 0.4) is 0 Å². The van der Waals surface area contributed by atoms with Gasteiger partial charge >= 0.3 is 0 Å². The number of hydrogen-bond donors (Lipinski definition) is 3. The first kappa shape index (κ1) is 22.6. The number of nitrogens with one attached hydrogen (secondary N) is 1. The highest BCUT2D eigenvalue weighted by Gasteiger charge is 2.29. The lowest BCUT2D eigenvalue weighted by Crippen LogP contribution is -2.45. The summed E-state index contributed by atoms with van der Waals surface area (Å²) in [7, 11) is 0. The third-order valence-corrected chi connectivity index (χ3v) is 6.29. The van der Waals surface area contributed by atoms with Gasteiger partial charge in [-0.05, 0) is 24.7 Å². The van der Waals surface area contributed by atoms with Gasteiger partial charge in [-0.1, -0.05) is 46.0 Å². The van der Waals surface area contributed by atoms with Crippen molar-refractivity contribution < 1.29 is 14.6 Å². The van der Waals surface area contributed by atoms with Crippen LogP contribution in [0.1, 0.15) is 58.8 Å². The van der Waals surface area contributed by atoms with Gasteiger partial charge in [0.05, 0.1) is 19.3 Å². The molecule has 158 valence electrons. The lowest BCUT2D eigenvalue weighted by atomic mass is 9.81. The number of aliphatic hydroxyl groups excluding tert-OH is 1. The largest absolute Gasteiger partial charge is 0.391 e. The predicted octanol–water partition coefficient (Wildman–Crippen LogP) is 1.76. The molecule has 1 aliphatic carbocycles. The number of carbonyl (C=O) groups excluding carboxylic acids is 1. The molecule has 1 heterocycles. The zero-order valence-corrected chi connectivity index (χ0v) is 17.4. The van der Waals surface area contributed by atoms with E-state index in [1.54, 1.807) is 0 Å². The van der Waals surface area contributed by atoms with Gasteiger partial charge in [0.1, 0.15) is 0 Å². The molecule has 2 fully saturated rings. The van der Waals surface area contributed by atoms with Crippen molar-refractivity contribution in [2.75, 3.05) is 39.4 Å². The van der Waals surface area contributed by atoms with Crippen LogP contribution in [-0.4, -0.2) is 67.5 Å². The number of rotatable bonds is 10. The summed E-state index contributed by atoms with van der Waals surface area (Å²) in [6, 6.07) is -0.226. The number of aliphatic hydroxyl groups is 1. The highest BCUT2D eigenvalue weighted by atomic mass is 16.5. The van der Waals surface area contributed by atoms with Gasteiger partial charge in [0.2, 0.25) is 5.91 Å². The van der Waals surface area contributed by atoms with Crippen LogP contribution in [0.25, 0.3) is 0 Å². The van der Waals surface area contributed by atoms with Gasteiger partial charge in [-0.3, -0.25) is 9.69 Å². The molecule has 1 aliphatic heterocycles. The lowest BCUT2D eigenvalue weighted by Gasteiger charge is -2.30. The molecule has 0 bridgehead atoms. The van der Waals surface area contributed by atoms with E-state index in [9.17, 15) is 9.90 Å². The number of nitrogens with zero attached hydrogens (tertiary/aromatic N) is 1. The van der Waals surface area contributed by atoms with Crippen LogP contribution >= 0.6 is 0 Å². The van der Waals surface area contributed by atoms with Crippen molar-refractivity contribution in [1.29, 1.82) is 0 Å². The van der Waals surface area contributed by atoms with E-state index in [1.165, 1.54) is 32.1 Å². The van der Waals surface area contributed by atoms with Crippen molar-refractivity contribution in [3.63, 3.8) is 0 Å². The van der Waals surface area contributed by atoms with Crippen molar-refractivity contribution in [2.24, 2.45) is 23.5 Å². The number of nitrogens with two attached hydrogens (primary N) is 1. The number of morpholine rings is 1. The van der Waals surface area contributed by atoms with E-state index in [1.807, 2.05) is 13.8 Å². The third kappa shape index (κ3) is 8.06. The summed E-state index contributed by atoms with van der Waals surface area (Å²) < 4.78 is 5.35. The maximum Gasteiger partial charge on any atom is 0.223 e. The van der Waals surface area contributed by atoms with Crippen molar-refractivity contribution in [2.45, 2.75) is 70.9 Å². The van der Waals surface area contributed by atoms with Gasteiger partial charge in [-0.25, -0.2) is 0 Å². The van der Waals surface area contributed by atoms with E-state index in [2.05, 4.69) is 10.2 Å². The number of carbonyl (C=O) groups is 1. The molecular formula is C21H41N3O3. The van der Waals surface area contributed by atoms with E-state index in [0.717, 1.165) is 39.3 Å². The smallest absolute Gasteiger partial charge is 0.223 e. The molecule has 27 heavy (non-hydrogen) atoms. The highest BCUT2D eigenvalue weighted by Crippen LogP contribution is 2.28. The Balaban J connectivity index is 1.73. The predicted molar refractivity (Wildman–Crippen MR) is 108 cm³/mol. The van der Waals surface area contributed by atoms with Crippen LogP contribution in [0.4, 0.5) is 0 Å². The standard InChI is InChI=1S/C21H41N3O3/c1-16(2)18(21(26)23-8-9-24-10-12-27-13-11-24)15-20(25)19(22)14-17-6-4-3-5-7-17/h16-20,25H,3-15,22H2,1-2H3,(H,23,26)/t18-,19?,20-/m0/s1. The normalized spacial score (nSPS) is 23.1. The summed E-state index contributed by atoms with van der Waals surface area (Å²) in [6.45, 7) is 8.99. The Morgan fingerprint density at radius 3 is 2.52 bits per heavy atom. The molecule has 1 amide bonds. The molecule has 1 saturated carbocycles. The quantitative estimate of drug-likeness (QED) is 0.535. The molecule has 6 heteroatoms. The fourth-order valence-electron chi connectivity index (χ4n) is 4.37. The minimum absolute atomic E-state index is 0.0437. The van der Waals surface area contributed by atoms with Crippen molar-refractivity contribution in [3.05, 3.63) is 0 Å². The molecule has 3 atom stereocenters. The summed E-state index contributed by atoms with van der Waals surface area (Å²) in [5, 5.41) is 13.7. The second-order valence-corrected chi connectivity index (χ2v) is 8.80. The molecule has 1 unspecified atom stereocenters. The fraction of sp³-hybridized carbons (Fsp3) is 0.952. The van der Waals surface area contributed by atoms with E-state index in [4.69, 9.17) is 10.5 Å². The van der Waals surface area contributed by atoms with Crippen LogP contribution in [-0.2, 0) is 9.53 Å². The van der Waals surface area contributed by atoms with Gasteiger partial charge < -0.3 is 20.9 Å². The summed E-state index contributed by atoms with van der Waals surface area (Å²) in [5.74, 6) is 0.678. The van der Waals surface area contributed by atoms with Crippen LogP contribution < -0.4 is 11.1 Å². The maximum absolute atomic E-state index is 12.7. The third-order valence-electron chi connectivity index (χ3n) is 6.29. The van der Waals surface area contributed by atoms with E-state index in [0.29, 0.717) is 18.9 Å². The molecule has 0 aromatic heterocycles. The van der Waals surface area contributed by atoms with Crippen LogP contribution in [0.2, 0.25) is 0 Å². The average molecular weight is 384 g/mol. The van der Waals surface area contributed by atoms with E-state index >= 15 is 0 Å². The van der Waals surface area contributed by atoms with Crippen LogP contribution in [0.15, 0.2) is 0 Å². The maximum atomic E-state index is 12.7. The van der Waals surface area contributed by atoms with Crippen LogP contribution in [0.5, 0.6) is 0 Å². The molecule has 4 N–H and O–H groups in total. The molecule has 0 aromatic carbocycles. The molecular weight excluding hydrogens is 342 g/mol. The molecule has 0 aromatic rings. The van der Waals surface area contributed by atoms with E-state index in [-0.39, 0.29) is 23.8 Å². The molecule has 6 nitrogen and oxygen atoms in total. The topological polar surface area (TPSA) is 87.8 Å². The minimum Gasteiger partial charge on any atom is -0.391 e. The zero-order valence-electron chi connectivity index (χ0n) is 17.4. The Kier molecular flexibility index (Phi) is 10.0. The average Bonchev–Trinajstić information content (AvgIpc) is 2.67. The minimum atomic E-state index is -0.607. The number of hydrogen-bond acceptors (Lipinski definition) is 5. The SMILES string of the molecule is CC(C)[C@H](C[C@H](O)C(N)CC1CCCCC1)C(=O)NCCN1CCOCC1. The molecule has 0 spiro atoms. The molecule has 2 rings (SSSR count). The number of ether oxygens (including phenoxy) is 1. The molecule has 2 aliphatic rings. The Morgan fingerprint density at radius 1 is 1.22 bits per heavy atom. The molecule has 1 saturated heterocycles. The number of amides is 1.